The van der Waals surface area contributed by atoms with Crippen LogP contribution in [0.5, 0.6) is 0 Å². The third-order valence-corrected chi connectivity index (χ3v) is 3.20. The molecule has 1 heterocycles. The number of carbonyl (C=O) groups is 1. The minimum absolute atomic E-state index is 0.545. The summed E-state index contributed by atoms with van der Waals surface area (Å²) in [6.07, 6.45) is 2.65. The lowest BCUT2D eigenvalue weighted by molar-refractivity contribution is -0.109. The fourth-order valence-electron chi connectivity index (χ4n) is 1.47. The van der Waals surface area contributed by atoms with Gasteiger partial charge in [0.15, 0.2) is 0 Å². The maximum absolute atomic E-state index is 11.0. The molecule has 1 aromatic rings. The van der Waals surface area contributed by atoms with Gasteiger partial charge >= 0.3 is 0 Å². The lowest BCUT2D eigenvalue weighted by Gasteiger charge is -2.16. The van der Waals surface area contributed by atoms with Gasteiger partial charge in [-0.1, -0.05) is 34.1 Å². The number of fused-ring (bicyclic) bond motifs is 1. The van der Waals surface area contributed by atoms with Gasteiger partial charge in [0.1, 0.15) is 6.29 Å². The standard InChI is InChI=1S/C10H8BrNO/c11-5-10(7-13)6-12-9-4-2-1-3-8(9)10/h1-4,6-7H,5H2. The fraction of sp³-hybridized carbons (Fsp3) is 0.200. The van der Waals surface area contributed by atoms with Crippen LogP contribution in [0.25, 0.3) is 0 Å². The molecular formula is C10H8BrNO. The lowest BCUT2D eigenvalue weighted by Crippen LogP contribution is -2.29. The summed E-state index contributed by atoms with van der Waals surface area (Å²) in [5, 5.41) is 0.587. The summed E-state index contributed by atoms with van der Waals surface area (Å²) in [7, 11) is 0. The molecule has 1 aliphatic rings. The molecule has 2 rings (SSSR count). The molecule has 0 N–H and O–H groups in total. The summed E-state index contributed by atoms with van der Waals surface area (Å²) in [4.78, 5) is 15.2. The van der Waals surface area contributed by atoms with Gasteiger partial charge in [-0.15, -0.1) is 0 Å². The Balaban J connectivity index is 2.59. The Labute approximate surface area is 84.8 Å². The van der Waals surface area contributed by atoms with Crippen molar-refractivity contribution in [2.24, 2.45) is 4.99 Å². The summed E-state index contributed by atoms with van der Waals surface area (Å²) in [6, 6.07) is 7.71. The molecule has 0 spiro atoms. The monoisotopic (exact) mass is 237 g/mol. The van der Waals surface area contributed by atoms with Gasteiger partial charge in [-0.05, 0) is 11.6 Å². The van der Waals surface area contributed by atoms with E-state index in [2.05, 4.69) is 20.9 Å². The van der Waals surface area contributed by atoms with E-state index in [1.54, 1.807) is 6.21 Å². The van der Waals surface area contributed by atoms with Crippen LogP contribution in [0.1, 0.15) is 5.56 Å². The van der Waals surface area contributed by atoms with Gasteiger partial charge in [-0.25, -0.2) is 0 Å². The van der Waals surface area contributed by atoms with Crippen molar-refractivity contribution in [1.29, 1.82) is 0 Å². The molecule has 3 heteroatoms. The van der Waals surface area contributed by atoms with Crippen molar-refractivity contribution in [3.05, 3.63) is 29.8 Å². The molecule has 66 valence electrons. The minimum atomic E-state index is -0.545. The van der Waals surface area contributed by atoms with Crippen LogP contribution in [0.3, 0.4) is 0 Å². The van der Waals surface area contributed by atoms with Crippen LogP contribution in [-0.4, -0.2) is 17.8 Å². The van der Waals surface area contributed by atoms with Crippen molar-refractivity contribution in [3.8, 4) is 0 Å². The summed E-state index contributed by atoms with van der Waals surface area (Å²) < 4.78 is 0. The van der Waals surface area contributed by atoms with Crippen LogP contribution in [-0.2, 0) is 10.2 Å². The predicted octanol–water partition coefficient (Wildman–Crippen LogP) is 2.23. The van der Waals surface area contributed by atoms with Crippen molar-refractivity contribution >= 4 is 34.1 Å². The quantitative estimate of drug-likeness (QED) is 0.573. The average Bonchev–Trinajstić information content (AvgIpc) is 2.58. The highest BCUT2D eigenvalue weighted by Gasteiger charge is 2.34. The lowest BCUT2D eigenvalue weighted by atomic mass is 9.86. The van der Waals surface area contributed by atoms with E-state index in [1.807, 2.05) is 24.3 Å². The predicted molar refractivity (Wildman–Crippen MR) is 56.1 cm³/mol. The SMILES string of the molecule is O=CC1(CBr)C=Nc2ccccc21. The number of carbonyl (C=O) groups excluding carboxylic acids is 1. The number of aliphatic imine (C=N–C) groups is 1. The maximum atomic E-state index is 11.0. The Kier molecular flexibility index (Phi) is 2.04. The smallest absolute Gasteiger partial charge is 0.136 e. The first-order chi connectivity index (χ1) is 6.32. The zero-order chi connectivity index (χ0) is 9.31. The van der Waals surface area contributed by atoms with Crippen molar-refractivity contribution in [1.82, 2.24) is 0 Å². The first kappa shape index (κ1) is 8.63. The number of aldehydes is 1. The molecule has 0 radical (unpaired) electrons. The van der Waals surface area contributed by atoms with Gasteiger partial charge in [0.25, 0.3) is 0 Å². The van der Waals surface area contributed by atoms with Crippen LogP contribution in [0, 0.1) is 0 Å². The number of halogens is 1. The van der Waals surface area contributed by atoms with Crippen LogP contribution < -0.4 is 0 Å². The second kappa shape index (κ2) is 3.07. The Morgan fingerprint density at radius 3 is 2.92 bits per heavy atom. The zero-order valence-corrected chi connectivity index (χ0v) is 8.49. The fourth-order valence-corrected chi connectivity index (χ4v) is 2.04. The molecule has 0 saturated heterocycles. The summed E-state index contributed by atoms with van der Waals surface area (Å²) in [5.41, 5.74) is 1.34. The third kappa shape index (κ3) is 1.15. The average molecular weight is 238 g/mol. The Bertz CT molecular complexity index is 375. The van der Waals surface area contributed by atoms with Gasteiger partial charge in [-0.2, -0.15) is 0 Å². The molecule has 0 saturated carbocycles. The molecule has 0 fully saturated rings. The Morgan fingerprint density at radius 2 is 2.23 bits per heavy atom. The molecule has 1 unspecified atom stereocenters. The molecule has 0 bridgehead atoms. The number of hydrogen-bond acceptors (Lipinski definition) is 2. The van der Waals surface area contributed by atoms with Crippen LogP contribution in [0.4, 0.5) is 5.69 Å². The zero-order valence-electron chi connectivity index (χ0n) is 6.90. The normalized spacial score (nSPS) is 24.4. The number of benzene rings is 1. The minimum Gasteiger partial charge on any atom is -0.302 e. The summed E-state index contributed by atoms with van der Waals surface area (Å²) in [5.74, 6) is 0. The number of para-hydroxylation sites is 1. The highest BCUT2D eigenvalue weighted by Crippen LogP contribution is 2.36. The molecule has 13 heavy (non-hydrogen) atoms. The highest BCUT2D eigenvalue weighted by molar-refractivity contribution is 9.09. The van der Waals surface area contributed by atoms with Crippen molar-refractivity contribution in [2.75, 3.05) is 5.33 Å². The van der Waals surface area contributed by atoms with Gasteiger partial charge in [0, 0.05) is 11.5 Å². The molecule has 1 aliphatic heterocycles. The van der Waals surface area contributed by atoms with Crippen molar-refractivity contribution in [2.45, 2.75) is 5.41 Å². The van der Waals surface area contributed by atoms with Crippen LogP contribution in [0.15, 0.2) is 29.3 Å². The molecule has 2 nitrogen and oxygen atoms in total. The van der Waals surface area contributed by atoms with Gasteiger partial charge in [-0.3, -0.25) is 4.99 Å². The van der Waals surface area contributed by atoms with Gasteiger partial charge in [0.05, 0.1) is 11.1 Å². The van der Waals surface area contributed by atoms with E-state index >= 15 is 0 Å². The van der Waals surface area contributed by atoms with E-state index in [4.69, 9.17) is 0 Å². The second-order valence-electron chi connectivity index (χ2n) is 3.07. The maximum Gasteiger partial charge on any atom is 0.136 e. The van der Waals surface area contributed by atoms with Crippen molar-refractivity contribution in [3.63, 3.8) is 0 Å². The van der Waals surface area contributed by atoms with E-state index in [9.17, 15) is 4.79 Å². The number of rotatable bonds is 2. The number of nitrogens with zero attached hydrogens (tertiary/aromatic N) is 1. The highest BCUT2D eigenvalue weighted by atomic mass is 79.9. The van der Waals surface area contributed by atoms with Crippen molar-refractivity contribution < 1.29 is 4.79 Å². The topological polar surface area (TPSA) is 29.4 Å². The van der Waals surface area contributed by atoms with E-state index in [1.165, 1.54) is 0 Å². The van der Waals surface area contributed by atoms with Crippen LogP contribution >= 0.6 is 15.9 Å². The van der Waals surface area contributed by atoms with Gasteiger partial charge in [0.2, 0.25) is 0 Å². The van der Waals surface area contributed by atoms with Crippen LogP contribution in [0.2, 0.25) is 0 Å². The third-order valence-electron chi connectivity index (χ3n) is 2.27. The molecule has 0 aromatic heterocycles. The Hall–Kier alpha value is -0.960. The molecule has 1 aromatic carbocycles. The van der Waals surface area contributed by atoms with E-state index in [0.29, 0.717) is 5.33 Å². The number of alkyl halides is 1. The largest absolute Gasteiger partial charge is 0.302 e. The molecule has 0 aliphatic carbocycles. The molecule has 0 amide bonds. The second-order valence-corrected chi connectivity index (χ2v) is 3.63. The van der Waals surface area contributed by atoms with Gasteiger partial charge < -0.3 is 4.79 Å². The first-order valence-corrected chi connectivity index (χ1v) is 5.11. The number of hydrogen-bond donors (Lipinski definition) is 0. The summed E-state index contributed by atoms with van der Waals surface area (Å²) >= 11 is 3.34. The van der Waals surface area contributed by atoms with E-state index < -0.39 is 5.41 Å². The molecule has 1 atom stereocenters. The Morgan fingerprint density at radius 1 is 1.46 bits per heavy atom. The first-order valence-electron chi connectivity index (χ1n) is 3.99. The van der Waals surface area contributed by atoms with E-state index in [0.717, 1.165) is 17.5 Å². The molecular weight excluding hydrogens is 230 g/mol. The van der Waals surface area contributed by atoms with E-state index in [-0.39, 0.29) is 0 Å². The summed E-state index contributed by atoms with van der Waals surface area (Å²) in [6.45, 7) is 0.